The molecule has 0 aromatic heterocycles. The van der Waals surface area contributed by atoms with Gasteiger partial charge in [-0.15, -0.1) is 0 Å². The van der Waals surface area contributed by atoms with E-state index in [9.17, 15) is 0 Å². The summed E-state index contributed by atoms with van der Waals surface area (Å²) in [6.45, 7) is 0.684. The number of hydrogen-bond acceptors (Lipinski definition) is 4. The number of benzene rings is 1. The van der Waals surface area contributed by atoms with E-state index in [0.717, 1.165) is 37.2 Å². The lowest BCUT2D eigenvalue weighted by Crippen LogP contribution is -1.99. The molecular weight excluding hydrogens is 448 g/mol. The second-order valence-electron chi connectivity index (χ2n) is 10.5. The number of unbranched alkanes of at least 4 members (excludes halogenated alkanes) is 18. The van der Waals surface area contributed by atoms with Gasteiger partial charge in [-0.3, -0.25) is 0 Å². The summed E-state index contributed by atoms with van der Waals surface area (Å²) >= 11 is 0. The molecule has 1 aromatic rings. The molecule has 4 nitrogen and oxygen atoms in total. The number of hydrogen-bond donors (Lipinski definition) is 2. The second-order valence-corrected chi connectivity index (χ2v) is 10.5. The minimum Gasteiger partial charge on any atom is -0.493 e. The lowest BCUT2D eigenvalue weighted by Gasteiger charge is -2.15. The van der Waals surface area contributed by atoms with Crippen LogP contribution in [0.3, 0.4) is 0 Å². The third kappa shape index (κ3) is 16.5. The highest BCUT2D eigenvalue weighted by Gasteiger charge is 2.12. The molecule has 0 bridgehead atoms. The Labute approximate surface area is 223 Å². The van der Waals surface area contributed by atoms with Gasteiger partial charge >= 0.3 is 0 Å². The zero-order valence-corrected chi connectivity index (χ0v) is 23.8. The Morgan fingerprint density at radius 3 is 1.25 bits per heavy atom. The van der Waals surface area contributed by atoms with E-state index in [1.807, 2.05) is 0 Å². The van der Waals surface area contributed by atoms with Crippen molar-refractivity contribution in [3.05, 3.63) is 23.3 Å². The molecule has 0 unspecified atom stereocenters. The van der Waals surface area contributed by atoms with Gasteiger partial charge in [0.05, 0.1) is 14.2 Å². The highest BCUT2D eigenvalue weighted by atomic mass is 16.5. The van der Waals surface area contributed by atoms with Crippen LogP contribution in [0.25, 0.3) is 0 Å². The van der Waals surface area contributed by atoms with E-state index in [4.69, 9.17) is 19.7 Å². The van der Waals surface area contributed by atoms with E-state index in [2.05, 4.69) is 12.1 Å². The van der Waals surface area contributed by atoms with Crippen molar-refractivity contribution >= 4 is 0 Å². The van der Waals surface area contributed by atoms with Gasteiger partial charge in [-0.1, -0.05) is 109 Å². The fraction of sp³-hybridized carbons (Fsp3) is 0.812. The molecule has 1 aromatic carbocycles. The maximum atomic E-state index is 8.84. The van der Waals surface area contributed by atoms with Crippen molar-refractivity contribution < 1.29 is 19.7 Å². The summed E-state index contributed by atoms with van der Waals surface area (Å²) in [6, 6.07) is 4.54. The molecule has 0 radical (unpaired) electrons. The van der Waals surface area contributed by atoms with Crippen molar-refractivity contribution in [3.63, 3.8) is 0 Å². The van der Waals surface area contributed by atoms with Gasteiger partial charge in [0, 0.05) is 13.2 Å². The lowest BCUT2D eigenvalue weighted by molar-refractivity contribution is 0.282. The molecule has 36 heavy (non-hydrogen) atoms. The summed E-state index contributed by atoms with van der Waals surface area (Å²) in [5.41, 5.74) is 2.68. The largest absolute Gasteiger partial charge is 0.493 e. The summed E-state index contributed by atoms with van der Waals surface area (Å²) in [5, 5.41) is 17.7. The Morgan fingerprint density at radius 1 is 0.472 bits per heavy atom. The zero-order chi connectivity index (χ0) is 26.1. The van der Waals surface area contributed by atoms with Crippen LogP contribution in [0.1, 0.15) is 140 Å². The normalized spacial score (nSPS) is 11.2. The standard InChI is InChI=1S/C32H58O4/c1-35-31-28-29(23-19-15-11-7-3-5-9-13-17-21-25-33)27-30(32(31)36-2)24-20-16-12-8-4-6-10-14-18-22-26-34/h27-28,33-34H,3-26H2,1-2H3. The maximum absolute atomic E-state index is 8.84. The summed E-state index contributed by atoms with van der Waals surface area (Å²) < 4.78 is 11.4. The van der Waals surface area contributed by atoms with Gasteiger partial charge in [0.15, 0.2) is 11.5 Å². The van der Waals surface area contributed by atoms with E-state index in [-0.39, 0.29) is 0 Å². The first-order valence-corrected chi connectivity index (χ1v) is 15.2. The molecule has 0 saturated carbocycles. The van der Waals surface area contributed by atoms with Crippen molar-refractivity contribution in [2.24, 2.45) is 0 Å². The van der Waals surface area contributed by atoms with Crippen LogP contribution in [0.15, 0.2) is 12.1 Å². The molecule has 0 amide bonds. The van der Waals surface area contributed by atoms with Crippen LogP contribution in [0.4, 0.5) is 0 Å². The predicted molar refractivity (Wildman–Crippen MR) is 153 cm³/mol. The first kappa shape index (κ1) is 32.8. The number of aliphatic hydroxyl groups is 2. The molecular formula is C32H58O4. The molecule has 0 aliphatic carbocycles. The summed E-state index contributed by atoms with van der Waals surface area (Å²) in [6.07, 6.45) is 27.4. The van der Waals surface area contributed by atoms with Crippen LogP contribution in [-0.2, 0) is 12.8 Å². The molecule has 0 saturated heterocycles. The molecule has 0 aliphatic heterocycles. The van der Waals surface area contributed by atoms with Crippen LogP contribution in [0.2, 0.25) is 0 Å². The van der Waals surface area contributed by atoms with Crippen LogP contribution in [-0.4, -0.2) is 37.6 Å². The van der Waals surface area contributed by atoms with Crippen molar-refractivity contribution in [3.8, 4) is 11.5 Å². The maximum Gasteiger partial charge on any atom is 0.163 e. The fourth-order valence-electron chi connectivity index (χ4n) is 5.13. The Bertz CT molecular complexity index is 616. The number of aliphatic hydroxyl groups excluding tert-OH is 2. The van der Waals surface area contributed by atoms with Gasteiger partial charge in [0.1, 0.15) is 0 Å². The molecule has 0 atom stereocenters. The molecule has 1 rings (SSSR count). The predicted octanol–water partition coefficient (Wildman–Crippen LogP) is 8.58. The Morgan fingerprint density at radius 2 is 0.861 bits per heavy atom. The monoisotopic (exact) mass is 506 g/mol. The first-order valence-electron chi connectivity index (χ1n) is 15.2. The third-order valence-corrected chi connectivity index (χ3v) is 7.34. The lowest BCUT2D eigenvalue weighted by atomic mass is 9.98. The minimum absolute atomic E-state index is 0.341. The molecule has 2 N–H and O–H groups in total. The van der Waals surface area contributed by atoms with Crippen LogP contribution >= 0.6 is 0 Å². The molecule has 0 spiro atoms. The average Bonchev–Trinajstić information content (AvgIpc) is 2.90. The van der Waals surface area contributed by atoms with Gasteiger partial charge < -0.3 is 19.7 Å². The second kappa shape index (κ2) is 24.1. The van der Waals surface area contributed by atoms with Crippen LogP contribution in [0.5, 0.6) is 11.5 Å². The molecule has 4 heteroatoms. The number of aryl methyl sites for hydroxylation is 2. The topological polar surface area (TPSA) is 58.9 Å². The Kier molecular flexibility index (Phi) is 21.9. The van der Waals surface area contributed by atoms with Crippen molar-refractivity contribution in [2.45, 2.75) is 141 Å². The van der Waals surface area contributed by atoms with Crippen molar-refractivity contribution in [1.82, 2.24) is 0 Å². The minimum atomic E-state index is 0.341. The van der Waals surface area contributed by atoms with E-state index in [1.165, 1.54) is 127 Å². The summed E-state index contributed by atoms with van der Waals surface area (Å²) in [4.78, 5) is 0. The van der Waals surface area contributed by atoms with Gasteiger partial charge in [-0.05, 0) is 55.7 Å². The average molecular weight is 507 g/mol. The highest BCUT2D eigenvalue weighted by molar-refractivity contribution is 5.49. The van der Waals surface area contributed by atoms with Crippen molar-refractivity contribution in [1.29, 1.82) is 0 Å². The number of ether oxygens (including phenoxy) is 2. The van der Waals surface area contributed by atoms with Crippen LogP contribution in [0, 0.1) is 0 Å². The number of rotatable bonds is 26. The highest BCUT2D eigenvalue weighted by Crippen LogP contribution is 2.34. The van der Waals surface area contributed by atoms with Gasteiger partial charge in [0.2, 0.25) is 0 Å². The molecule has 210 valence electrons. The zero-order valence-electron chi connectivity index (χ0n) is 23.8. The Balaban J connectivity index is 2.26. The van der Waals surface area contributed by atoms with E-state index >= 15 is 0 Å². The van der Waals surface area contributed by atoms with Crippen LogP contribution < -0.4 is 9.47 Å². The molecule has 0 heterocycles. The third-order valence-electron chi connectivity index (χ3n) is 7.34. The quantitative estimate of drug-likeness (QED) is 0.124. The fourth-order valence-corrected chi connectivity index (χ4v) is 5.13. The van der Waals surface area contributed by atoms with Gasteiger partial charge in [0.25, 0.3) is 0 Å². The van der Waals surface area contributed by atoms with E-state index in [0.29, 0.717) is 13.2 Å². The number of methoxy groups -OCH3 is 2. The Hall–Kier alpha value is -1.26. The van der Waals surface area contributed by atoms with E-state index in [1.54, 1.807) is 14.2 Å². The summed E-state index contributed by atoms with van der Waals surface area (Å²) in [5.74, 6) is 1.80. The first-order chi connectivity index (χ1) is 17.8. The van der Waals surface area contributed by atoms with E-state index < -0.39 is 0 Å². The SMILES string of the molecule is COc1cc(CCCCCCCCCCCCO)cc(CCCCCCCCCCCCO)c1OC. The smallest absolute Gasteiger partial charge is 0.163 e. The summed E-state index contributed by atoms with van der Waals surface area (Å²) in [7, 11) is 3.51. The molecule has 0 fully saturated rings. The van der Waals surface area contributed by atoms with Gasteiger partial charge in [-0.25, -0.2) is 0 Å². The molecule has 0 aliphatic rings. The van der Waals surface area contributed by atoms with Crippen molar-refractivity contribution in [2.75, 3.05) is 27.4 Å². The van der Waals surface area contributed by atoms with Gasteiger partial charge in [-0.2, -0.15) is 0 Å².